The number of pyridine rings is 1. The van der Waals surface area contributed by atoms with Crippen LogP contribution >= 0.6 is 11.6 Å². The topological polar surface area (TPSA) is 71.5 Å². The monoisotopic (exact) mass is 429 g/mol. The number of halogens is 1. The van der Waals surface area contributed by atoms with Crippen LogP contribution in [0.1, 0.15) is 55.1 Å². The molecule has 160 valence electrons. The zero-order chi connectivity index (χ0) is 21.5. The van der Waals surface area contributed by atoms with Crippen molar-refractivity contribution in [3.05, 3.63) is 58.7 Å². The molecule has 1 fully saturated rings. The van der Waals surface area contributed by atoms with Crippen molar-refractivity contribution in [3.63, 3.8) is 0 Å². The average molecular weight is 430 g/mol. The van der Waals surface area contributed by atoms with Crippen LogP contribution in [-0.4, -0.2) is 47.4 Å². The van der Waals surface area contributed by atoms with Crippen molar-refractivity contribution in [2.24, 2.45) is 0 Å². The Bertz CT molecular complexity index is 867. The predicted molar refractivity (Wildman–Crippen MR) is 117 cm³/mol. The summed E-state index contributed by atoms with van der Waals surface area (Å²) in [5.41, 5.74) is 1.21. The Hall–Kier alpha value is -2.60. The minimum atomic E-state index is -0.318. The standard InChI is InChI=1S/C23H28ClN3O3/c1-3-18(16-8-6-5-7-9-16)23(29)27-14-12-17(13-15-27)25-22(28)21-19(24)10-11-20(26-21)30-4-2/h5-11,17-18H,3-4,12-15H2,1-2H3,(H,25,28). The fraction of sp³-hybridized carbons (Fsp3) is 0.435. The van der Waals surface area contributed by atoms with E-state index in [0.29, 0.717) is 38.4 Å². The first-order valence-corrected chi connectivity index (χ1v) is 10.8. The van der Waals surface area contributed by atoms with Crippen molar-refractivity contribution < 1.29 is 14.3 Å². The Morgan fingerprint density at radius 2 is 1.87 bits per heavy atom. The SMILES string of the molecule is CCOc1ccc(Cl)c(C(=O)NC2CCN(C(=O)C(CC)c3ccccc3)CC2)n1. The molecule has 1 unspecified atom stereocenters. The summed E-state index contributed by atoms with van der Waals surface area (Å²) in [5.74, 6) is 0.0882. The van der Waals surface area contributed by atoms with E-state index in [1.165, 1.54) is 0 Å². The van der Waals surface area contributed by atoms with E-state index in [9.17, 15) is 9.59 Å². The van der Waals surface area contributed by atoms with Gasteiger partial charge in [-0.15, -0.1) is 0 Å². The highest BCUT2D eigenvalue weighted by Crippen LogP contribution is 2.24. The zero-order valence-electron chi connectivity index (χ0n) is 17.4. The molecule has 2 aromatic rings. The molecule has 7 heteroatoms. The molecule has 0 radical (unpaired) electrons. The smallest absolute Gasteiger partial charge is 0.271 e. The number of benzene rings is 1. The molecular formula is C23H28ClN3O3. The van der Waals surface area contributed by atoms with Crippen LogP contribution in [0.15, 0.2) is 42.5 Å². The third kappa shape index (κ3) is 5.30. The molecule has 30 heavy (non-hydrogen) atoms. The molecule has 0 aliphatic carbocycles. The molecule has 1 aliphatic heterocycles. The Kier molecular flexibility index (Phi) is 7.69. The van der Waals surface area contributed by atoms with Gasteiger partial charge >= 0.3 is 0 Å². The minimum Gasteiger partial charge on any atom is -0.478 e. The molecule has 3 rings (SSSR count). The summed E-state index contributed by atoms with van der Waals surface area (Å²) >= 11 is 6.15. The summed E-state index contributed by atoms with van der Waals surface area (Å²) in [6.45, 7) is 5.59. The van der Waals surface area contributed by atoms with E-state index in [-0.39, 0.29) is 34.5 Å². The van der Waals surface area contributed by atoms with Gasteiger partial charge in [-0.25, -0.2) is 4.98 Å². The highest BCUT2D eigenvalue weighted by molar-refractivity contribution is 6.33. The molecule has 2 heterocycles. The van der Waals surface area contributed by atoms with Crippen molar-refractivity contribution >= 4 is 23.4 Å². The van der Waals surface area contributed by atoms with E-state index >= 15 is 0 Å². The molecule has 1 aromatic carbocycles. The van der Waals surface area contributed by atoms with Crippen LogP contribution in [0.5, 0.6) is 5.88 Å². The van der Waals surface area contributed by atoms with Crippen molar-refractivity contribution in [1.29, 1.82) is 0 Å². The lowest BCUT2D eigenvalue weighted by atomic mass is 9.93. The number of nitrogens with one attached hydrogen (secondary N) is 1. The summed E-state index contributed by atoms with van der Waals surface area (Å²) in [5, 5.41) is 3.29. The molecular weight excluding hydrogens is 402 g/mol. The van der Waals surface area contributed by atoms with Crippen molar-refractivity contribution in [1.82, 2.24) is 15.2 Å². The number of piperidine rings is 1. The first kappa shape index (κ1) is 22.1. The second kappa shape index (κ2) is 10.4. The molecule has 2 amide bonds. The number of carbonyl (C=O) groups is 2. The predicted octanol–water partition coefficient (Wildman–Crippen LogP) is 4.05. The summed E-state index contributed by atoms with van der Waals surface area (Å²) in [6, 6.07) is 13.1. The molecule has 6 nitrogen and oxygen atoms in total. The molecule has 0 saturated carbocycles. The number of aromatic nitrogens is 1. The van der Waals surface area contributed by atoms with E-state index in [4.69, 9.17) is 16.3 Å². The molecule has 1 aromatic heterocycles. The van der Waals surface area contributed by atoms with Gasteiger partial charge in [0.05, 0.1) is 17.5 Å². The Labute approximate surface area is 182 Å². The fourth-order valence-electron chi connectivity index (χ4n) is 3.77. The van der Waals surface area contributed by atoms with Gasteiger partial charge < -0.3 is 15.0 Å². The quantitative estimate of drug-likeness (QED) is 0.720. The number of hydrogen-bond donors (Lipinski definition) is 1. The third-order valence-electron chi connectivity index (χ3n) is 5.38. The van der Waals surface area contributed by atoms with Gasteiger partial charge in [0.1, 0.15) is 0 Å². The average Bonchev–Trinajstić information content (AvgIpc) is 2.77. The van der Waals surface area contributed by atoms with Gasteiger partial charge in [0.2, 0.25) is 11.8 Å². The van der Waals surface area contributed by atoms with Gasteiger partial charge in [-0.2, -0.15) is 0 Å². The first-order chi connectivity index (χ1) is 14.5. The lowest BCUT2D eigenvalue weighted by Crippen LogP contribution is -2.47. The van der Waals surface area contributed by atoms with Crippen LogP contribution in [0.4, 0.5) is 0 Å². The maximum atomic E-state index is 13.0. The van der Waals surface area contributed by atoms with Crippen molar-refractivity contribution in [2.45, 2.75) is 45.1 Å². The van der Waals surface area contributed by atoms with Gasteiger partial charge in [-0.1, -0.05) is 48.9 Å². The largest absolute Gasteiger partial charge is 0.478 e. The lowest BCUT2D eigenvalue weighted by molar-refractivity contribution is -0.134. The zero-order valence-corrected chi connectivity index (χ0v) is 18.2. The maximum Gasteiger partial charge on any atom is 0.271 e. The highest BCUT2D eigenvalue weighted by atomic mass is 35.5. The number of ether oxygens (including phenoxy) is 1. The van der Waals surface area contributed by atoms with Gasteiger partial charge in [-0.05, 0) is 37.8 Å². The van der Waals surface area contributed by atoms with Gasteiger partial charge in [0, 0.05) is 25.2 Å². The van der Waals surface area contributed by atoms with Gasteiger partial charge in [0.25, 0.3) is 5.91 Å². The molecule has 0 bridgehead atoms. The summed E-state index contributed by atoms with van der Waals surface area (Å²) in [4.78, 5) is 31.8. The van der Waals surface area contributed by atoms with Crippen molar-refractivity contribution in [3.8, 4) is 5.88 Å². The second-order valence-corrected chi connectivity index (χ2v) is 7.76. The van der Waals surface area contributed by atoms with Crippen LogP contribution < -0.4 is 10.1 Å². The van der Waals surface area contributed by atoms with Gasteiger partial charge in [-0.3, -0.25) is 9.59 Å². The Morgan fingerprint density at radius 1 is 1.17 bits per heavy atom. The van der Waals surface area contributed by atoms with Gasteiger partial charge in [0.15, 0.2) is 5.69 Å². The van der Waals surface area contributed by atoms with Crippen LogP contribution in [0, 0.1) is 0 Å². The lowest BCUT2D eigenvalue weighted by Gasteiger charge is -2.34. The molecule has 1 N–H and O–H groups in total. The van der Waals surface area contributed by atoms with Crippen molar-refractivity contribution in [2.75, 3.05) is 19.7 Å². The molecule has 1 aliphatic rings. The van der Waals surface area contributed by atoms with Crippen LogP contribution in [0.25, 0.3) is 0 Å². The summed E-state index contributed by atoms with van der Waals surface area (Å²) < 4.78 is 5.36. The Morgan fingerprint density at radius 3 is 2.50 bits per heavy atom. The van der Waals surface area contributed by atoms with E-state index < -0.39 is 0 Å². The molecule has 1 atom stereocenters. The van der Waals surface area contributed by atoms with E-state index in [2.05, 4.69) is 10.3 Å². The van der Waals surface area contributed by atoms with E-state index in [0.717, 1.165) is 12.0 Å². The van der Waals surface area contributed by atoms with Crippen LogP contribution in [-0.2, 0) is 4.79 Å². The van der Waals surface area contributed by atoms with Crippen LogP contribution in [0.3, 0.4) is 0 Å². The maximum absolute atomic E-state index is 13.0. The summed E-state index contributed by atoms with van der Waals surface area (Å²) in [7, 11) is 0. The highest BCUT2D eigenvalue weighted by Gasteiger charge is 2.29. The normalized spacial score (nSPS) is 15.5. The van der Waals surface area contributed by atoms with E-state index in [1.54, 1.807) is 12.1 Å². The van der Waals surface area contributed by atoms with Crippen LogP contribution in [0.2, 0.25) is 5.02 Å². The fourth-order valence-corrected chi connectivity index (χ4v) is 3.96. The number of hydrogen-bond acceptors (Lipinski definition) is 4. The molecule has 0 spiro atoms. The number of amides is 2. The number of rotatable bonds is 7. The minimum absolute atomic E-state index is 0.0213. The third-order valence-corrected chi connectivity index (χ3v) is 5.68. The Balaban J connectivity index is 1.57. The first-order valence-electron chi connectivity index (χ1n) is 10.5. The summed E-state index contributed by atoms with van der Waals surface area (Å²) in [6.07, 6.45) is 2.16. The number of nitrogens with zero attached hydrogens (tertiary/aromatic N) is 2. The molecule has 1 saturated heterocycles. The van der Waals surface area contributed by atoms with E-state index in [1.807, 2.05) is 49.1 Å². The number of carbonyl (C=O) groups excluding carboxylic acids is 2. The second-order valence-electron chi connectivity index (χ2n) is 7.36. The number of likely N-dealkylation sites (tertiary alicyclic amines) is 1.